The molecule has 0 atom stereocenters. The zero-order chi connectivity index (χ0) is 20.3. The zero-order valence-electron chi connectivity index (χ0n) is 15.5. The predicted octanol–water partition coefficient (Wildman–Crippen LogP) is 2.64. The standard InChI is InChI=1S/C18H21BrN2O6S/c1-25-15-9-14(19)17(10-16(15)26-2)28(23,24)20-13-3-6-21(7-4-13)18(22)12-5-8-27-11-12/h5,8-11,13,20H,3-4,6-7H2,1-2H3. The quantitative estimate of drug-likeness (QED) is 0.693. The first kappa shape index (κ1) is 20.7. The van der Waals surface area contributed by atoms with E-state index in [9.17, 15) is 13.2 Å². The first-order valence-corrected chi connectivity index (χ1v) is 10.9. The van der Waals surface area contributed by atoms with Crippen LogP contribution in [0, 0.1) is 0 Å². The number of rotatable bonds is 6. The Morgan fingerprint density at radius 1 is 1.21 bits per heavy atom. The maximum Gasteiger partial charge on any atom is 0.257 e. The second kappa shape index (κ2) is 8.54. The number of furan rings is 1. The highest BCUT2D eigenvalue weighted by molar-refractivity contribution is 9.10. The molecule has 1 N–H and O–H groups in total. The van der Waals surface area contributed by atoms with Crippen molar-refractivity contribution in [1.29, 1.82) is 0 Å². The van der Waals surface area contributed by atoms with Gasteiger partial charge in [-0.1, -0.05) is 0 Å². The maximum absolute atomic E-state index is 12.9. The smallest absolute Gasteiger partial charge is 0.257 e. The number of ether oxygens (including phenoxy) is 2. The van der Waals surface area contributed by atoms with E-state index in [1.165, 1.54) is 32.8 Å². The first-order chi connectivity index (χ1) is 13.4. The molecule has 0 saturated carbocycles. The average molecular weight is 473 g/mol. The van der Waals surface area contributed by atoms with Crippen LogP contribution in [-0.2, 0) is 10.0 Å². The monoisotopic (exact) mass is 472 g/mol. The molecule has 3 rings (SSSR count). The molecule has 1 aliphatic heterocycles. The number of sulfonamides is 1. The summed E-state index contributed by atoms with van der Waals surface area (Å²) in [7, 11) is -0.852. The van der Waals surface area contributed by atoms with Gasteiger partial charge < -0.3 is 18.8 Å². The lowest BCUT2D eigenvalue weighted by Crippen LogP contribution is -2.46. The highest BCUT2D eigenvalue weighted by Crippen LogP contribution is 2.35. The second-order valence-corrected chi connectivity index (χ2v) is 8.87. The minimum Gasteiger partial charge on any atom is -0.493 e. The van der Waals surface area contributed by atoms with Gasteiger partial charge in [0, 0.05) is 29.7 Å². The van der Waals surface area contributed by atoms with Crippen molar-refractivity contribution in [3.8, 4) is 11.5 Å². The second-order valence-electron chi connectivity index (χ2n) is 6.34. The number of amides is 1. The minimum atomic E-state index is -3.78. The van der Waals surface area contributed by atoms with Crippen molar-refractivity contribution in [3.05, 3.63) is 40.8 Å². The Hall–Kier alpha value is -2.04. The summed E-state index contributed by atoms with van der Waals surface area (Å²) in [6.07, 6.45) is 3.91. The number of carbonyl (C=O) groups excluding carboxylic acids is 1. The predicted molar refractivity (Wildman–Crippen MR) is 105 cm³/mol. The van der Waals surface area contributed by atoms with Crippen LogP contribution in [0.15, 0.2) is 44.5 Å². The Morgan fingerprint density at radius 3 is 2.43 bits per heavy atom. The molecule has 28 heavy (non-hydrogen) atoms. The Kier molecular flexibility index (Phi) is 6.31. The van der Waals surface area contributed by atoms with Crippen LogP contribution in [0.5, 0.6) is 11.5 Å². The number of halogens is 1. The van der Waals surface area contributed by atoms with Gasteiger partial charge in [-0.25, -0.2) is 13.1 Å². The lowest BCUT2D eigenvalue weighted by atomic mass is 10.1. The molecule has 2 heterocycles. The Bertz CT molecular complexity index is 937. The fourth-order valence-electron chi connectivity index (χ4n) is 3.09. The van der Waals surface area contributed by atoms with Gasteiger partial charge >= 0.3 is 0 Å². The van der Waals surface area contributed by atoms with Crippen LogP contribution in [-0.4, -0.2) is 52.6 Å². The summed E-state index contributed by atoms with van der Waals surface area (Å²) in [5, 5.41) is 0. The van der Waals surface area contributed by atoms with Gasteiger partial charge in [0.25, 0.3) is 5.91 Å². The molecule has 0 bridgehead atoms. The lowest BCUT2D eigenvalue weighted by molar-refractivity contribution is 0.0710. The molecule has 1 amide bonds. The highest BCUT2D eigenvalue weighted by atomic mass is 79.9. The van der Waals surface area contributed by atoms with Crippen LogP contribution >= 0.6 is 15.9 Å². The number of nitrogens with zero attached hydrogens (tertiary/aromatic N) is 1. The van der Waals surface area contributed by atoms with Crippen LogP contribution in [0.25, 0.3) is 0 Å². The number of nitrogens with one attached hydrogen (secondary N) is 1. The average Bonchev–Trinajstić information content (AvgIpc) is 3.22. The number of hydrogen-bond acceptors (Lipinski definition) is 6. The summed E-state index contributed by atoms with van der Waals surface area (Å²) in [5.41, 5.74) is 0.494. The fourth-order valence-corrected chi connectivity index (χ4v) is 5.43. The van der Waals surface area contributed by atoms with Crippen LogP contribution in [0.2, 0.25) is 0 Å². The summed E-state index contributed by atoms with van der Waals surface area (Å²) in [6.45, 7) is 0.925. The first-order valence-electron chi connectivity index (χ1n) is 8.61. The molecular formula is C18H21BrN2O6S. The SMILES string of the molecule is COc1cc(Br)c(S(=O)(=O)NC2CCN(C(=O)c3ccoc3)CC2)cc1OC. The summed E-state index contributed by atoms with van der Waals surface area (Å²) in [5.74, 6) is 0.642. The molecule has 1 fully saturated rings. The number of benzene rings is 1. The summed E-state index contributed by atoms with van der Waals surface area (Å²) in [4.78, 5) is 14.1. The van der Waals surface area contributed by atoms with Crippen LogP contribution in [0.4, 0.5) is 0 Å². The van der Waals surface area contributed by atoms with Crippen LogP contribution in [0.1, 0.15) is 23.2 Å². The van der Waals surface area contributed by atoms with E-state index in [1.54, 1.807) is 17.0 Å². The molecule has 0 spiro atoms. The van der Waals surface area contributed by atoms with E-state index in [-0.39, 0.29) is 16.8 Å². The van der Waals surface area contributed by atoms with E-state index < -0.39 is 10.0 Å². The van der Waals surface area contributed by atoms with Gasteiger partial charge in [0.15, 0.2) is 11.5 Å². The molecule has 0 aliphatic carbocycles. The maximum atomic E-state index is 12.9. The molecule has 0 radical (unpaired) electrons. The van der Waals surface area contributed by atoms with Gasteiger partial charge in [-0.2, -0.15) is 0 Å². The van der Waals surface area contributed by atoms with E-state index in [1.807, 2.05) is 0 Å². The van der Waals surface area contributed by atoms with Gasteiger partial charge in [0.2, 0.25) is 10.0 Å². The van der Waals surface area contributed by atoms with E-state index in [2.05, 4.69) is 20.7 Å². The van der Waals surface area contributed by atoms with Crippen molar-refractivity contribution in [1.82, 2.24) is 9.62 Å². The minimum absolute atomic E-state index is 0.0713. The molecular weight excluding hydrogens is 452 g/mol. The van der Waals surface area contributed by atoms with Crippen molar-refractivity contribution >= 4 is 31.9 Å². The van der Waals surface area contributed by atoms with Crippen molar-refractivity contribution in [3.63, 3.8) is 0 Å². The molecule has 1 aliphatic rings. The molecule has 10 heteroatoms. The third kappa shape index (κ3) is 4.34. The Labute approximate surface area is 172 Å². The number of likely N-dealkylation sites (tertiary alicyclic amines) is 1. The van der Waals surface area contributed by atoms with Crippen molar-refractivity contribution < 1.29 is 27.1 Å². The number of piperidine rings is 1. The normalized spacial score (nSPS) is 15.5. The molecule has 8 nitrogen and oxygen atoms in total. The van der Waals surface area contributed by atoms with Crippen molar-refractivity contribution in [2.24, 2.45) is 0 Å². The lowest BCUT2D eigenvalue weighted by Gasteiger charge is -2.32. The number of hydrogen-bond donors (Lipinski definition) is 1. The van der Waals surface area contributed by atoms with Crippen molar-refractivity contribution in [2.75, 3.05) is 27.3 Å². The van der Waals surface area contributed by atoms with Gasteiger partial charge in [0.05, 0.1) is 26.0 Å². The van der Waals surface area contributed by atoms with Gasteiger partial charge in [-0.05, 0) is 40.9 Å². The molecule has 0 unspecified atom stereocenters. The Balaban J connectivity index is 1.68. The highest BCUT2D eigenvalue weighted by Gasteiger charge is 2.29. The summed E-state index contributed by atoms with van der Waals surface area (Å²) in [6, 6.07) is 4.33. The summed E-state index contributed by atoms with van der Waals surface area (Å²) < 4.78 is 44.2. The summed E-state index contributed by atoms with van der Waals surface area (Å²) >= 11 is 3.29. The van der Waals surface area contributed by atoms with E-state index >= 15 is 0 Å². The van der Waals surface area contributed by atoms with Crippen LogP contribution in [0.3, 0.4) is 0 Å². The molecule has 152 valence electrons. The van der Waals surface area contributed by atoms with E-state index in [4.69, 9.17) is 13.9 Å². The van der Waals surface area contributed by atoms with Gasteiger partial charge in [-0.3, -0.25) is 4.79 Å². The molecule has 1 aromatic carbocycles. The zero-order valence-corrected chi connectivity index (χ0v) is 17.9. The number of methoxy groups -OCH3 is 2. The van der Waals surface area contributed by atoms with E-state index in [0.29, 0.717) is 47.5 Å². The third-order valence-electron chi connectivity index (χ3n) is 4.60. The fraction of sp³-hybridized carbons (Fsp3) is 0.389. The molecule has 1 aromatic heterocycles. The Morgan fingerprint density at radius 2 is 1.86 bits per heavy atom. The largest absolute Gasteiger partial charge is 0.493 e. The van der Waals surface area contributed by atoms with Gasteiger partial charge in [-0.15, -0.1) is 0 Å². The third-order valence-corrected chi connectivity index (χ3v) is 7.08. The van der Waals surface area contributed by atoms with Crippen molar-refractivity contribution in [2.45, 2.75) is 23.8 Å². The molecule has 1 saturated heterocycles. The number of carbonyl (C=O) groups is 1. The molecule has 2 aromatic rings. The van der Waals surface area contributed by atoms with E-state index in [0.717, 1.165) is 0 Å². The van der Waals surface area contributed by atoms with Crippen LogP contribution < -0.4 is 14.2 Å². The topological polar surface area (TPSA) is 98.1 Å². The van der Waals surface area contributed by atoms with Gasteiger partial charge in [0.1, 0.15) is 11.2 Å².